The number of hydrogen-bond donors (Lipinski definition) is 1. The second-order valence-corrected chi connectivity index (χ2v) is 5.44. The van der Waals surface area contributed by atoms with Gasteiger partial charge in [0.15, 0.2) is 6.04 Å². The quantitative estimate of drug-likeness (QED) is 0.745. The van der Waals surface area contributed by atoms with Crippen molar-refractivity contribution < 1.29 is 4.79 Å². The monoisotopic (exact) mass is 315 g/mol. The van der Waals surface area contributed by atoms with E-state index in [0.29, 0.717) is 6.54 Å². The number of benzene rings is 1. The molecule has 1 N–H and O–H groups in total. The molecule has 1 unspecified atom stereocenters. The van der Waals surface area contributed by atoms with Gasteiger partial charge in [0.1, 0.15) is 6.33 Å². The largest absolute Gasteiger partial charge is 0.349 e. The third-order valence-corrected chi connectivity index (χ3v) is 3.99. The fourth-order valence-electron chi connectivity index (χ4n) is 2.02. The number of carbonyl (C=O) groups is 1. The van der Waals surface area contributed by atoms with E-state index < -0.39 is 6.04 Å². The van der Waals surface area contributed by atoms with Gasteiger partial charge in [0.2, 0.25) is 5.91 Å². The van der Waals surface area contributed by atoms with Crippen LogP contribution in [0.3, 0.4) is 0 Å². The number of amides is 1. The van der Waals surface area contributed by atoms with Crippen molar-refractivity contribution in [2.45, 2.75) is 19.5 Å². The Morgan fingerprint density at radius 3 is 2.82 bits per heavy atom. The molecule has 0 saturated carbocycles. The summed E-state index contributed by atoms with van der Waals surface area (Å²) in [5.74, 6) is -0.189. The maximum absolute atomic E-state index is 12.6. The second-order valence-electron chi connectivity index (χ2n) is 4.60. The average molecular weight is 315 g/mol. The summed E-state index contributed by atoms with van der Waals surface area (Å²) in [6.45, 7) is 2.24. The maximum atomic E-state index is 12.6. The summed E-state index contributed by atoms with van der Waals surface area (Å²) in [7, 11) is 0. The van der Waals surface area contributed by atoms with Gasteiger partial charge in [0, 0.05) is 0 Å². The molecule has 112 valence electrons. The topological polar surface area (TPSA) is 98.5 Å². The van der Waals surface area contributed by atoms with E-state index in [2.05, 4.69) is 30.4 Å². The third-order valence-electron chi connectivity index (χ3n) is 3.16. The van der Waals surface area contributed by atoms with E-state index in [-0.39, 0.29) is 5.91 Å². The lowest BCUT2D eigenvalue weighted by atomic mass is 10.1. The predicted octanol–water partition coefficient (Wildman–Crippen LogP) is 0.739. The zero-order valence-electron chi connectivity index (χ0n) is 11.7. The fourth-order valence-corrected chi connectivity index (χ4v) is 2.59. The van der Waals surface area contributed by atoms with Gasteiger partial charge in [-0.3, -0.25) is 4.79 Å². The first-order valence-electron chi connectivity index (χ1n) is 6.58. The molecule has 8 nitrogen and oxygen atoms in total. The standard InChI is InChI=1S/C13H13N7OS/c1-9-11(22-19-16-9)7-14-13(21)12(20-8-15-17-18-20)10-5-3-2-4-6-10/h2-6,8,12H,7H2,1H3,(H,14,21). The Morgan fingerprint density at radius 1 is 1.36 bits per heavy atom. The number of tetrazole rings is 1. The minimum atomic E-state index is -0.614. The van der Waals surface area contributed by atoms with Crippen LogP contribution in [-0.2, 0) is 11.3 Å². The lowest BCUT2D eigenvalue weighted by molar-refractivity contribution is -0.123. The van der Waals surface area contributed by atoms with Crippen LogP contribution >= 0.6 is 11.5 Å². The molecule has 1 atom stereocenters. The van der Waals surface area contributed by atoms with Crippen molar-refractivity contribution in [2.24, 2.45) is 0 Å². The molecule has 0 radical (unpaired) electrons. The molecular weight excluding hydrogens is 302 g/mol. The molecule has 1 aromatic carbocycles. The molecule has 3 rings (SSSR count). The van der Waals surface area contributed by atoms with Gasteiger partial charge in [-0.15, -0.1) is 10.2 Å². The van der Waals surface area contributed by atoms with Crippen molar-refractivity contribution in [2.75, 3.05) is 0 Å². The van der Waals surface area contributed by atoms with Crippen LogP contribution < -0.4 is 5.32 Å². The highest BCUT2D eigenvalue weighted by Crippen LogP contribution is 2.17. The Morgan fingerprint density at radius 2 is 2.18 bits per heavy atom. The van der Waals surface area contributed by atoms with Crippen LogP contribution in [0.2, 0.25) is 0 Å². The summed E-state index contributed by atoms with van der Waals surface area (Å²) in [5, 5.41) is 17.9. The predicted molar refractivity (Wildman–Crippen MR) is 78.9 cm³/mol. The number of hydrogen-bond acceptors (Lipinski definition) is 7. The van der Waals surface area contributed by atoms with Gasteiger partial charge in [0.05, 0.1) is 17.1 Å². The number of nitrogens with zero attached hydrogens (tertiary/aromatic N) is 6. The Bertz CT molecular complexity index is 741. The van der Waals surface area contributed by atoms with E-state index in [9.17, 15) is 4.79 Å². The van der Waals surface area contributed by atoms with Crippen molar-refractivity contribution in [1.29, 1.82) is 0 Å². The highest BCUT2D eigenvalue weighted by atomic mass is 32.1. The molecule has 1 amide bonds. The number of aryl methyl sites for hydroxylation is 1. The fraction of sp³-hybridized carbons (Fsp3) is 0.231. The number of rotatable bonds is 5. The minimum absolute atomic E-state index is 0.189. The zero-order chi connectivity index (χ0) is 15.4. The van der Waals surface area contributed by atoms with Crippen molar-refractivity contribution >= 4 is 17.4 Å². The summed E-state index contributed by atoms with van der Waals surface area (Å²) in [4.78, 5) is 13.5. The summed E-state index contributed by atoms with van der Waals surface area (Å²) in [6.07, 6.45) is 1.43. The summed E-state index contributed by atoms with van der Waals surface area (Å²) in [5.41, 5.74) is 1.63. The molecular formula is C13H13N7OS. The average Bonchev–Trinajstić information content (AvgIpc) is 3.19. The van der Waals surface area contributed by atoms with Gasteiger partial charge < -0.3 is 5.32 Å². The van der Waals surface area contributed by atoms with Crippen LogP contribution in [0.15, 0.2) is 36.7 Å². The van der Waals surface area contributed by atoms with E-state index in [1.54, 1.807) is 0 Å². The van der Waals surface area contributed by atoms with Crippen LogP contribution in [0.1, 0.15) is 22.2 Å². The Hall–Kier alpha value is -2.68. The summed E-state index contributed by atoms with van der Waals surface area (Å²) < 4.78 is 5.29. The molecule has 0 fully saturated rings. The molecule has 0 saturated heterocycles. The van der Waals surface area contributed by atoms with E-state index in [0.717, 1.165) is 16.1 Å². The van der Waals surface area contributed by atoms with E-state index in [4.69, 9.17) is 0 Å². The maximum Gasteiger partial charge on any atom is 0.249 e. The van der Waals surface area contributed by atoms with E-state index in [1.807, 2.05) is 37.3 Å². The Labute approximate surface area is 130 Å². The first kappa shape index (κ1) is 14.3. The second kappa shape index (κ2) is 6.39. The van der Waals surface area contributed by atoms with E-state index >= 15 is 0 Å². The highest BCUT2D eigenvalue weighted by Gasteiger charge is 2.23. The van der Waals surface area contributed by atoms with Gasteiger partial charge >= 0.3 is 0 Å². The van der Waals surface area contributed by atoms with Crippen molar-refractivity contribution in [3.63, 3.8) is 0 Å². The highest BCUT2D eigenvalue weighted by molar-refractivity contribution is 7.05. The number of aromatic nitrogens is 6. The molecule has 0 spiro atoms. The molecule has 0 bridgehead atoms. The molecule has 9 heteroatoms. The van der Waals surface area contributed by atoms with Gasteiger partial charge in [-0.05, 0) is 34.4 Å². The van der Waals surface area contributed by atoms with Crippen LogP contribution in [0, 0.1) is 6.92 Å². The Balaban J connectivity index is 1.80. The Kier molecular flexibility index (Phi) is 4.15. The van der Waals surface area contributed by atoms with E-state index in [1.165, 1.54) is 22.5 Å². The van der Waals surface area contributed by atoms with Gasteiger partial charge in [-0.2, -0.15) is 0 Å². The molecule has 0 aliphatic carbocycles. The van der Waals surface area contributed by atoms with Crippen LogP contribution in [0.5, 0.6) is 0 Å². The lowest BCUT2D eigenvalue weighted by Gasteiger charge is -2.16. The first-order valence-corrected chi connectivity index (χ1v) is 7.36. The van der Waals surface area contributed by atoms with Gasteiger partial charge in [-0.25, -0.2) is 4.68 Å². The third kappa shape index (κ3) is 2.98. The smallest absolute Gasteiger partial charge is 0.249 e. The normalized spacial score (nSPS) is 12.0. The molecule has 0 aliphatic rings. The zero-order valence-corrected chi connectivity index (χ0v) is 12.6. The van der Waals surface area contributed by atoms with Gasteiger partial charge in [0.25, 0.3) is 0 Å². The summed E-state index contributed by atoms with van der Waals surface area (Å²) in [6, 6.07) is 8.76. The van der Waals surface area contributed by atoms with Crippen molar-refractivity contribution in [3.8, 4) is 0 Å². The molecule has 22 heavy (non-hydrogen) atoms. The first-order chi connectivity index (χ1) is 10.8. The van der Waals surface area contributed by atoms with Crippen LogP contribution in [0.25, 0.3) is 0 Å². The molecule has 2 aromatic heterocycles. The van der Waals surface area contributed by atoms with Crippen LogP contribution in [-0.4, -0.2) is 35.7 Å². The molecule has 2 heterocycles. The molecule has 3 aromatic rings. The SMILES string of the molecule is Cc1nnsc1CNC(=O)C(c1ccccc1)n1cnnn1. The molecule has 0 aliphatic heterocycles. The van der Waals surface area contributed by atoms with Crippen molar-refractivity contribution in [3.05, 3.63) is 52.8 Å². The number of nitrogens with one attached hydrogen (secondary N) is 1. The van der Waals surface area contributed by atoms with Crippen molar-refractivity contribution in [1.82, 2.24) is 35.1 Å². The van der Waals surface area contributed by atoms with Crippen LogP contribution in [0.4, 0.5) is 0 Å². The lowest BCUT2D eigenvalue weighted by Crippen LogP contribution is -2.33. The minimum Gasteiger partial charge on any atom is -0.349 e. The van der Waals surface area contributed by atoms with Gasteiger partial charge in [-0.1, -0.05) is 34.8 Å². The summed E-state index contributed by atoms with van der Waals surface area (Å²) >= 11 is 1.27. The number of carbonyl (C=O) groups excluding carboxylic acids is 1.